The molecular formula is C10H22N2O2. The Morgan fingerprint density at radius 2 is 2.07 bits per heavy atom. The van der Waals surface area contributed by atoms with Gasteiger partial charge in [-0.3, -0.25) is 4.79 Å². The van der Waals surface area contributed by atoms with Gasteiger partial charge in [0, 0.05) is 25.1 Å². The Kier molecular flexibility index (Phi) is 5.72. The molecule has 0 heterocycles. The van der Waals surface area contributed by atoms with Gasteiger partial charge in [0.25, 0.3) is 0 Å². The maximum atomic E-state index is 11.3. The average Bonchev–Trinajstić information content (AvgIpc) is 2.15. The number of likely N-dealkylation sites (N-methyl/N-ethyl adjacent to an activating group) is 1. The van der Waals surface area contributed by atoms with Crippen molar-refractivity contribution in [2.45, 2.75) is 33.7 Å². The van der Waals surface area contributed by atoms with E-state index >= 15 is 0 Å². The van der Waals surface area contributed by atoms with Gasteiger partial charge in [-0.25, -0.2) is 0 Å². The van der Waals surface area contributed by atoms with Crippen LogP contribution in [0.1, 0.15) is 27.7 Å². The molecule has 0 aromatic carbocycles. The van der Waals surface area contributed by atoms with Crippen LogP contribution in [-0.2, 0) is 4.79 Å². The summed E-state index contributed by atoms with van der Waals surface area (Å²) in [6, 6.07) is -0.208. The Balaban J connectivity index is 3.84. The molecule has 0 aliphatic carbocycles. The Labute approximate surface area is 86.1 Å². The van der Waals surface area contributed by atoms with Gasteiger partial charge in [0.1, 0.15) is 0 Å². The maximum Gasteiger partial charge on any atom is 0.236 e. The fourth-order valence-corrected chi connectivity index (χ4v) is 0.905. The molecule has 0 saturated heterocycles. The van der Waals surface area contributed by atoms with E-state index in [1.54, 1.807) is 0 Å². The molecule has 0 radical (unpaired) electrons. The summed E-state index contributed by atoms with van der Waals surface area (Å²) in [5.74, 6) is 0.00115. The molecule has 1 unspecified atom stereocenters. The lowest BCUT2D eigenvalue weighted by molar-refractivity contribution is -0.122. The number of carbonyl (C=O) groups is 1. The van der Waals surface area contributed by atoms with Crippen molar-refractivity contribution in [2.75, 3.05) is 19.7 Å². The van der Waals surface area contributed by atoms with Gasteiger partial charge in [-0.1, -0.05) is 13.8 Å². The molecule has 0 aromatic rings. The van der Waals surface area contributed by atoms with E-state index in [9.17, 15) is 4.79 Å². The fraction of sp³-hybridized carbons (Fsp3) is 0.900. The molecule has 0 saturated carbocycles. The van der Waals surface area contributed by atoms with Crippen LogP contribution in [0.25, 0.3) is 0 Å². The van der Waals surface area contributed by atoms with E-state index in [2.05, 4.69) is 10.6 Å². The first-order chi connectivity index (χ1) is 6.43. The van der Waals surface area contributed by atoms with E-state index in [4.69, 9.17) is 5.11 Å². The van der Waals surface area contributed by atoms with Gasteiger partial charge in [0.2, 0.25) is 5.91 Å². The van der Waals surface area contributed by atoms with E-state index in [0.29, 0.717) is 13.1 Å². The van der Waals surface area contributed by atoms with Crippen LogP contribution in [0, 0.1) is 5.41 Å². The van der Waals surface area contributed by atoms with Crippen molar-refractivity contribution in [3.63, 3.8) is 0 Å². The van der Waals surface area contributed by atoms with Crippen molar-refractivity contribution in [1.82, 2.24) is 10.6 Å². The van der Waals surface area contributed by atoms with E-state index in [-0.39, 0.29) is 24.0 Å². The molecule has 1 atom stereocenters. The van der Waals surface area contributed by atoms with Crippen molar-refractivity contribution >= 4 is 5.91 Å². The van der Waals surface area contributed by atoms with E-state index < -0.39 is 0 Å². The number of hydrogen-bond donors (Lipinski definition) is 3. The molecule has 1 amide bonds. The van der Waals surface area contributed by atoms with Crippen LogP contribution in [0.15, 0.2) is 0 Å². The van der Waals surface area contributed by atoms with Gasteiger partial charge >= 0.3 is 0 Å². The van der Waals surface area contributed by atoms with Crippen molar-refractivity contribution in [2.24, 2.45) is 5.41 Å². The number of amides is 1. The lowest BCUT2D eigenvalue weighted by Gasteiger charge is -2.24. The number of carbonyl (C=O) groups excluding carboxylic acids is 1. The predicted octanol–water partition coefficient (Wildman–Crippen LogP) is 0.119. The quantitative estimate of drug-likeness (QED) is 0.573. The summed E-state index contributed by atoms with van der Waals surface area (Å²) in [5.41, 5.74) is -0.180. The monoisotopic (exact) mass is 202 g/mol. The summed E-state index contributed by atoms with van der Waals surface area (Å²) in [4.78, 5) is 11.3. The zero-order valence-corrected chi connectivity index (χ0v) is 9.55. The standard InChI is InChI=1S/C10H22N2O2/c1-5-11-9(14)8(2)12-6-10(3,4)7-13/h8,12-13H,5-7H2,1-4H3,(H,11,14). The van der Waals surface area contributed by atoms with E-state index in [1.165, 1.54) is 0 Å². The predicted molar refractivity (Wildman–Crippen MR) is 57.0 cm³/mol. The van der Waals surface area contributed by atoms with Gasteiger partial charge < -0.3 is 15.7 Å². The minimum atomic E-state index is -0.208. The van der Waals surface area contributed by atoms with Crippen molar-refractivity contribution in [3.8, 4) is 0 Å². The third-order valence-electron chi connectivity index (χ3n) is 2.06. The van der Waals surface area contributed by atoms with Gasteiger partial charge in [0.05, 0.1) is 6.04 Å². The lowest BCUT2D eigenvalue weighted by atomic mass is 9.94. The SMILES string of the molecule is CCNC(=O)C(C)NCC(C)(C)CO. The number of rotatable bonds is 6. The molecule has 4 nitrogen and oxygen atoms in total. The summed E-state index contributed by atoms with van der Waals surface area (Å²) in [5, 5.41) is 14.8. The van der Waals surface area contributed by atoms with Gasteiger partial charge in [-0.2, -0.15) is 0 Å². The van der Waals surface area contributed by atoms with Crippen LogP contribution >= 0.6 is 0 Å². The van der Waals surface area contributed by atoms with Crippen molar-refractivity contribution < 1.29 is 9.90 Å². The minimum absolute atomic E-state index is 0.00115. The highest BCUT2D eigenvalue weighted by atomic mass is 16.3. The van der Waals surface area contributed by atoms with Crippen LogP contribution in [0.2, 0.25) is 0 Å². The second kappa shape index (κ2) is 5.98. The summed E-state index contributed by atoms with van der Waals surface area (Å²) in [6.07, 6.45) is 0. The highest BCUT2D eigenvalue weighted by molar-refractivity contribution is 5.81. The normalized spacial score (nSPS) is 13.8. The highest BCUT2D eigenvalue weighted by Crippen LogP contribution is 2.11. The average molecular weight is 202 g/mol. The van der Waals surface area contributed by atoms with E-state index in [0.717, 1.165) is 0 Å². The van der Waals surface area contributed by atoms with Crippen LogP contribution in [-0.4, -0.2) is 36.8 Å². The molecule has 0 aliphatic rings. The fourth-order valence-electron chi connectivity index (χ4n) is 0.905. The maximum absolute atomic E-state index is 11.3. The van der Waals surface area contributed by atoms with Crippen LogP contribution in [0.4, 0.5) is 0 Å². The smallest absolute Gasteiger partial charge is 0.236 e. The van der Waals surface area contributed by atoms with Crippen LogP contribution < -0.4 is 10.6 Å². The molecule has 0 spiro atoms. The van der Waals surface area contributed by atoms with Gasteiger partial charge in [-0.15, -0.1) is 0 Å². The summed E-state index contributed by atoms with van der Waals surface area (Å²) >= 11 is 0. The lowest BCUT2D eigenvalue weighted by Crippen LogP contribution is -2.45. The number of hydrogen-bond acceptors (Lipinski definition) is 3. The first kappa shape index (κ1) is 13.4. The topological polar surface area (TPSA) is 61.4 Å². The first-order valence-electron chi connectivity index (χ1n) is 5.05. The van der Waals surface area contributed by atoms with Gasteiger partial charge in [-0.05, 0) is 13.8 Å². The van der Waals surface area contributed by atoms with Crippen molar-refractivity contribution in [3.05, 3.63) is 0 Å². The molecule has 0 rings (SSSR count). The second-order valence-corrected chi connectivity index (χ2v) is 4.32. The molecule has 4 heteroatoms. The number of aliphatic hydroxyl groups excluding tert-OH is 1. The Morgan fingerprint density at radius 1 is 1.50 bits per heavy atom. The third-order valence-corrected chi connectivity index (χ3v) is 2.06. The molecule has 0 aliphatic heterocycles. The van der Waals surface area contributed by atoms with Crippen LogP contribution in [0.5, 0.6) is 0 Å². The Hall–Kier alpha value is -0.610. The zero-order valence-electron chi connectivity index (χ0n) is 9.55. The number of aliphatic hydroxyl groups is 1. The Morgan fingerprint density at radius 3 is 2.50 bits per heavy atom. The molecule has 0 aromatic heterocycles. The minimum Gasteiger partial charge on any atom is -0.396 e. The molecule has 0 fully saturated rings. The van der Waals surface area contributed by atoms with Crippen molar-refractivity contribution in [1.29, 1.82) is 0 Å². The molecular weight excluding hydrogens is 180 g/mol. The largest absolute Gasteiger partial charge is 0.396 e. The van der Waals surface area contributed by atoms with E-state index in [1.807, 2.05) is 27.7 Å². The highest BCUT2D eigenvalue weighted by Gasteiger charge is 2.19. The molecule has 3 N–H and O–H groups in total. The third kappa shape index (κ3) is 5.19. The second-order valence-electron chi connectivity index (χ2n) is 4.32. The molecule has 0 bridgehead atoms. The number of nitrogens with one attached hydrogen (secondary N) is 2. The molecule has 84 valence electrons. The zero-order chi connectivity index (χ0) is 11.2. The Bertz CT molecular complexity index is 181. The first-order valence-corrected chi connectivity index (χ1v) is 5.05. The summed E-state index contributed by atoms with van der Waals surface area (Å²) in [7, 11) is 0. The van der Waals surface area contributed by atoms with Gasteiger partial charge in [0.15, 0.2) is 0 Å². The molecule has 14 heavy (non-hydrogen) atoms. The van der Waals surface area contributed by atoms with Crippen LogP contribution in [0.3, 0.4) is 0 Å². The summed E-state index contributed by atoms with van der Waals surface area (Å²) in [6.45, 7) is 8.99. The summed E-state index contributed by atoms with van der Waals surface area (Å²) < 4.78 is 0.